The van der Waals surface area contributed by atoms with Crippen molar-refractivity contribution in [3.8, 4) is 0 Å². The molecule has 178 valence electrons. The third kappa shape index (κ3) is 11.1. The monoisotopic (exact) mass is 491 g/mol. The Morgan fingerprint density at radius 1 is 0.968 bits per heavy atom. The Kier molecular flexibility index (Phi) is 13.6. The van der Waals surface area contributed by atoms with E-state index in [9.17, 15) is 14.4 Å². The first kappa shape index (κ1) is 26.5. The van der Waals surface area contributed by atoms with Gasteiger partial charge in [0.2, 0.25) is 11.8 Å². The van der Waals surface area contributed by atoms with Gasteiger partial charge in [-0.05, 0) is 25.7 Å². The molecule has 2 aliphatic rings. The van der Waals surface area contributed by atoms with E-state index in [1.165, 1.54) is 0 Å². The first-order chi connectivity index (χ1) is 15.1. The highest BCUT2D eigenvalue weighted by Gasteiger charge is 2.42. The number of rotatable bonds is 17. The van der Waals surface area contributed by atoms with E-state index in [4.69, 9.17) is 5.73 Å². The number of nitrogens with two attached hydrogens (primary N) is 1. The summed E-state index contributed by atoms with van der Waals surface area (Å²) < 4.78 is 0. The fourth-order valence-electron chi connectivity index (χ4n) is 3.66. The molecular formula is C20H37N5O3S3. The van der Waals surface area contributed by atoms with Crippen LogP contribution in [0.4, 0.5) is 4.79 Å². The van der Waals surface area contributed by atoms with Crippen molar-refractivity contribution in [1.29, 1.82) is 0 Å². The topological polar surface area (TPSA) is 125 Å². The fraction of sp³-hybridized carbons (Fsp3) is 0.850. The maximum absolute atomic E-state index is 12.0. The number of hydrogen-bond donors (Lipinski definition) is 5. The lowest BCUT2D eigenvalue weighted by molar-refractivity contribution is -0.122. The van der Waals surface area contributed by atoms with Crippen LogP contribution >= 0.6 is 33.3 Å². The van der Waals surface area contributed by atoms with E-state index in [1.54, 1.807) is 21.6 Å². The summed E-state index contributed by atoms with van der Waals surface area (Å²) in [4.78, 5) is 35.1. The normalized spacial score (nSPS) is 22.0. The van der Waals surface area contributed by atoms with Crippen LogP contribution in [0.2, 0.25) is 0 Å². The molecule has 4 amide bonds. The largest absolute Gasteiger partial charge is 0.356 e. The zero-order valence-electron chi connectivity index (χ0n) is 18.2. The van der Waals surface area contributed by atoms with Crippen LogP contribution < -0.4 is 27.0 Å². The van der Waals surface area contributed by atoms with Crippen LogP contribution in [0.1, 0.15) is 51.4 Å². The molecule has 2 heterocycles. The van der Waals surface area contributed by atoms with E-state index in [0.717, 1.165) is 55.8 Å². The molecule has 31 heavy (non-hydrogen) atoms. The number of carbonyl (C=O) groups is 3. The smallest absolute Gasteiger partial charge is 0.315 e. The number of unbranched alkanes of at least 4 members (excludes halogenated alkanes) is 3. The maximum atomic E-state index is 12.0. The SMILES string of the molecule is NCCSSCCNC(=O)CCCCCNC(=O)CCCC[C@@H]1SC[C@@H]2NC(=O)N[C@@H]21. The molecular weight excluding hydrogens is 454 g/mol. The third-order valence-electron chi connectivity index (χ3n) is 5.28. The van der Waals surface area contributed by atoms with E-state index in [-0.39, 0.29) is 29.9 Å². The van der Waals surface area contributed by atoms with Crippen molar-refractivity contribution in [1.82, 2.24) is 21.3 Å². The molecule has 3 atom stereocenters. The van der Waals surface area contributed by atoms with E-state index < -0.39 is 0 Å². The fourth-order valence-corrected chi connectivity index (χ4v) is 6.97. The van der Waals surface area contributed by atoms with Gasteiger partial charge in [0.25, 0.3) is 0 Å². The lowest BCUT2D eigenvalue weighted by atomic mass is 10.0. The van der Waals surface area contributed by atoms with Crippen LogP contribution in [0.25, 0.3) is 0 Å². The molecule has 11 heteroatoms. The zero-order chi connectivity index (χ0) is 22.3. The van der Waals surface area contributed by atoms with Crippen LogP contribution in [0.15, 0.2) is 0 Å². The lowest BCUT2D eigenvalue weighted by Gasteiger charge is -2.16. The van der Waals surface area contributed by atoms with Gasteiger partial charge >= 0.3 is 6.03 Å². The highest BCUT2D eigenvalue weighted by atomic mass is 33.1. The minimum absolute atomic E-state index is 0.0485. The van der Waals surface area contributed by atoms with E-state index in [0.29, 0.717) is 37.7 Å². The Balaban J connectivity index is 1.35. The quantitative estimate of drug-likeness (QED) is 0.119. The molecule has 0 aliphatic carbocycles. The number of carbonyl (C=O) groups excluding carboxylic acids is 3. The van der Waals surface area contributed by atoms with Crippen molar-refractivity contribution in [2.24, 2.45) is 5.73 Å². The average molecular weight is 492 g/mol. The molecule has 0 saturated carbocycles. The molecule has 0 aromatic rings. The predicted octanol–water partition coefficient (Wildman–Crippen LogP) is 1.85. The van der Waals surface area contributed by atoms with Crippen molar-refractivity contribution in [3.63, 3.8) is 0 Å². The minimum Gasteiger partial charge on any atom is -0.356 e. The number of nitrogens with one attached hydrogen (secondary N) is 4. The number of thioether (sulfide) groups is 1. The van der Waals surface area contributed by atoms with Gasteiger partial charge in [-0.25, -0.2) is 4.79 Å². The van der Waals surface area contributed by atoms with Gasteiger partial charge in [-0.1, -0.05) is 34.4 Å². The second kappa shape index (κ2) is 15.9. The number of amides is 4. The molecule has 2 saturated heterocycles. The first-order valence-electron chi connectivity index (χ1n) is 11.3. The summed E-state index contributed by atoms with van der Waals surface area (Å²) in [6.45, 7) is 2.06. The van der Waals surface area contributed by atoms with Crippen LogP contribution in [0, 0.1) is 0 Å². The van der Waals surface area contributed by atoms with Crippen LogP contribution in [-0.2, 0) is 9.59 Å². The minimum atomic E-state index is -0.0485. The maximum Gasteiger partial charge on any atom is 0.315 e. The highest BCUT2D eigenvalue weighted by molar-refractivity contribution is 8.76. The lowest BCUT2D eigenvalue weighted by Crippen LogP contribution is -2.36. The molecule has 0 radical (unpaired) electrons. The summed E-state index contributed by atoms with van der Waals surface area (Å²) >= 11 is 1.91. The number of fused-ring (bicyclic) bond motifs is 1. The van der Waals surface area contributed by atoms with Gasteiger partial charge in [0.1, 0.15) is 0 Å². The molecule has 2 fully saturated rings. The molecule has 2 rings (SSSR count). The Morgan fingerprint density at radius 3 is 2.45 bits per heavy atom. The molecule has 0 bridgehead atoms. The van der Waals surface area contributed by atoms with Gasteiger partial charge in [0, 0.05) is 55.0 Å². The summed E-state index contributed by atoms with van der Waals surface area (Å²) in [5.41, 5.74) is 5.42. The number of urea groups is 1. The molecule has 0 aromatic carbocycles. The van der Waals surface area contributed by atoms with E-state index in [2.05, 4.69) is 21.3 Å². The van der Waals surface area contributed by atoms with Gasteiger partial charge < -0.3 is 27.0 Å². The molecule has 6 N–H and O–H groups in total. The summed E-state index contributed by atoms with van der Waals surface area (Å²) in [5, 5.41) is 12.3. The van der Waals surface area contributed by atoms with Crippen molar-refractivity contribution in [2.45, 2.75) is 68.7 Å². The Hall–Kier alpha value is -0.780. The Labute approximate surface area is 197 Å². The zero-order valence-corrected chi connectivity index (χ0v) is 20.6. The molecule has 0 spiro atoms. The predicted molar refractivity (Wildman–Crippen MR) is 132 cm³/mol. The van der Waals surface area contributed by atoms with E-state index in [1.807, 2.05) is 11.8 Å². The second-order valence-corrected chi connectivity index (χ2v) is 11.8. The summed E-state index contributed by atoms with van der Waals surface area (Å²) in [6.07, 6.45) is 6.72. The third-order valence-corrected chi connectivity index (χ3v) is 9.22. The Bertz CT molecular complexity index is 570. The molecule has 2 aliphatic heterocycles. The van der Waals surface area contributed by atoms with Crippen molar-refractivity contribution < 1.29 is 14.4 Å². The molecule has 8 nitrogen and oxygen atoms in total. The average Bonchev–Trinajstić information content (AvgIpc) is 3.29. The summed E-state index contributed by atoms with van der Waals surface area (Å²) in [7, 11) is 3.48. The van der Waals surface area contributed by atoms with Crippen molar-refractivity contribution >= 4 is 51.2 Å². The van der Waals surface area contributed by atoms with E-state index >= 15 is 0 Å². The van der Waals surface area contributed by atoms with Crippen LogP contribution in [0.3, 0.4) is 0 Å². The molecule has 0 unspecified atom stereocenters. The number of hydrogen-bond acceptors (Lipinski definition) is 7. The standard InChI is InChI=1S/C20H37N5O3S3/c21-9-12-30-31-13-11-23-18(27)7-2-1-5-10-22-17(26)8-4-3-6-16-19-15(14-29-16)24-20(28)25-19/h15-16,19H,1-14,21H2,(H,22,26)(H,23,27)(H2,24,25,28)/t15-,16-,19-/m0/s1. The van der Waals surface area contributed by atoms with Gasteiger partial charge in [0.15, 0.2) is 0 Å². The van der Waals surface area contributed by atoms with Crippen LogP contribution in [-0.4, -0.2) is 72.1 Å². The highest BCUT2D eigenvalue weighted by Crippen LogP contribution is 2.33. The van der Waals surface area contributed by atoms with Crippen molar-refractivity contribution in [2.75, 3.05) is 36.9 Å². The molecule has 0 aromatic heterocycles. The summed E-state index contributed by atoms with van der Waals surface area (Å²) in [6, 6.07) is 0.460. The van der Waals surface area contributed by atoms with Gasteiger partial charge in [-0.15, -0.1) is 0 Å². The second-order valence-electron chi connectivity index (χ2n) is 7.81. The van der Waals surface area contributed by atoms with Gasteiger partial charge in [-0.2, -0.15) is 11.8 Å². The van der Waals surface area contributed by atoms with Crippen molar-refractivity contribution in [3.05, 3.63) is 0 Å². The van der Waals surface area contributed by atoms with Gasteiger partial charge in [0.05, 0.1) is 12.1 Å². The first-order valence-corrected chi connectivity index (χ1v) is 14.8. The Morgan fingerprint density at radius 2 is 1.68 bits per heavy atom. The summed E-state index contributed by atoms with van der Waals surface area (Å²) in [5.74, 6) is 3.03. The van der Waals surface area contributed by atoms with Crippen LogP contribution in [0.5, 0.6) is 0 Å². The van der Waals surface area contributed by atoms with Gasteiger partial charge in [-0.3, -0.25) is 9.59 Å².